The van der Waals surface area contributed by atoms with E-state index in [1.807, 2.05) is 6.07 Å². The van der Waals surface area contributed by atoms with Crippen LogP contribution in [0.1, 0.15) is 17.0 Å². The summed E-state index contributed by atoms with van der Waals surface area (Å²) in [5.74, 6) is 0.773. The Morgan fingerprint density at radius 2 is 2.45 bits per heavy atom. The molecule has 0 aromatic carbocycles. The topological polar surface area (TPSA) is 59.0 Å². The van der Waals surface area contributed by atoms with Crippen LogP contribution >= 0.6 is 0 Å². The van der Waals surface area contributed by atoms with E-state index in [4.69, 9.17) is 14.5 Å². The van der Waals surface area contributed by atoms with Crippen LogP contribution in [0.4, 0.5) is 0 Å². The Labute approximate surface area is 63.4 Å². The number of aromatic nitrogens is 1. The van der Waals surface area contributed by atoms with Gasteiger partial charge in [-0.15, -0.1) is 0 Å². The first kappa shape index (κ1) is 6.38. The predicted molar refractivity (Wildman–Crippen MR) is 34.3 cm³/mol. The molecule has 0 amide bonds. The number of ether oxygens (including phenoxy) is 1. The van der Waals surface area contributed by atoms with E-state index >= 15 is 0 Å². The van der Waals surface area contributed by atoms with Crippen LogP contribution in [0.25, 0.3) is 0 Å². The lowest BCUT2D eigenvalue weighted by atomic mass is 10.2. The molecule has 11 heavy (non-hydrogen) atoms. The Hall–Kier alpha value is -1.34. The van der Waals surface area contributed by atoms with E-state index in [0.717, 1.165) is 17.0 Å². The first-order valence-electron chi connectivity index (χ1n) is 3.33. The predicted octanol–water partition coefficient (Wildman–Crippen LogP) is 0.771. The molecular formula is C7H6N2O2. The van der Waals surface area contributed by atoms with Crippen molar-refractivity contribution in [2.45, 2.75) is 19.6 Å². The minimum Gasteiger partial charge on any atom is -0.368 e. The van der Waals surface area contributed by atoms with Crippen molar-refractivity contribution in [2.75, 3.05) is 0 Å². The first-order chi connectivity index (χ1) is 5.42. The SMILES string of the molecule is N#CCc1noc2c1COC2. The Bertz CT molecular complexity index is 311. The van der Waals surface area contributed by atoms with Gasteiger partial charge in [-0.25, -0.2) is 0 Å². The van der Waals surface area contributed by atoms with E-state index < -0.39 is 0 Å². The van der Waals surface area contributed by atoms with Crippen LogP contribution in [-0.4, -0.2) is 5.16 Å². The van der Waals surface area contributed by atoms with Gasteiger partial charge in [0.25, 0.3) is 0 Å². The fourth-order valence-electron chi connectivity index (χ4n) is 1.12. The third-order valence-corrected chi connectivity index (χ3v) is 1.68. The molecule has 0 N–H and O–H groups in total. The average molecular weight is 150 g/mol. The zero-order chi connectivity index (χ0) is 7.68. The van der Waals surface area contributed by atoms with Gasteiger partial charge in [-0.05, 0) is 0 Å². The Balaban J connectivity index is 2.36. The Morgan fingerprint density at radius 3 is 3.27 bits per heavy atom. The highest BCUT2D eigenvalue weighted by molar-refractivity contribution is 5.26. The van der Waals surface area contributed by atoms with Gasteiger partial charge in [0, 0.05) is 5.56 Å². The van der Waals surface area contributed by atoms with Crippen LogP contribution in [-0.2, 0) is 24.4 Å². The molecule has 0 radical (unpaired) electrons. The molecule has 0 bridgehead atoms. The highest BCUT2D eigenvalue weighted by Crippen LogP contribution is 2.22. The van der Waals surface area contributed by atoms with Gasteiger partial charge in [-0.1, -0.05) is 5.16 Å². The molecule has 0 atom stereocenters. The number of hydrogen-bond acceptors (Lipinski definition) is 4. The quantitative estimate of drug-likeness (QED) is 0.593. The summed E-state index contributed by atoms with van der Waals surface area (Å²) in [6, 6.07) is 2.02. The molecule has 4 heteroatoms. The summed E-state index contributed by atoms with van der Waals surface area (Å²) in [7, 11) is 0. The second-order valence-corrected chi connectivity index (χ2v) is 2.36. The van der Waals surface area contributed by atoms with Crippen LogP contribution < -0.4 is 0 Å². The number of fused-ring (bicyclic) bond motifs is 1. The standard InChI is InChI=1S/C7H6N2O2/c8-2-1-6-5-3-10-4-7(5)11-9-6/h1,3-4H2. The normalized spacial score (nSPS) is 14.5. The third-order valence-electron chi connectivity index (χ3n) is 1.68. The van der Waals surface area contributed by atoms with Crippen molar-refractivity contribution in [3.8, 4) is 6.07 Å². The molecule has 1 aliphatic rings. The highest BCUT2D eigenvalue weighted by Gasteiger charge is 2.20. The second kappa shape index (κ2) is 2.36. The van der Waals surface area contributed by atoms with E-state index in [9.17, 15) is 0 Å². The maximum Gasteiger partial charge on any atom is 0.168 e. The summed E-state index contributed by atoms with van der Waals surface area (Å²) in [5.41, 5.74) is 1.69. The Kier molecular flexibility index (Phi) is 1.37. The molecule has 0 spiro atoms. The van der Waals surface area contributed by atoms with Crippen molar-refractivity contribution in [3.63, 3.8) is 0 Å². The van der Waals surface area contributed by atoms with Crippen molar-refractivity contribution in [2.24, 2.45) is 0 Å². The zero-order valence-electron chi connectivity index (χ0n) is 5.83. The number of hydrogen-bond donors (Lipinski definition) is 0. The maximum atomic E-state index is 8.40. The fourth-order valence-corrected chi connectivity index (χ4v) is 1.12. The summed E-state index contributed by atoms with van der Waals surface area (Å²) in [6.07, 6.45) is 0.308. The average Bonchev–Trinajstić information content (AvgIpc) is 2.53. The monoisotopic (exact) mass is 150 g/mol. The van der Waals surface area contributed by atoms with Gasteiger partial charge in [0.05, 0.1) is 19.1 Å². The van der Waals surface area contributed by atoms with Crippen LogP contribution in [0.3, 0.4) is 0 Å². The van der Waals surface area contributed by atoms with E-state index in [0.29, 0.717) is 19.6 Å². The lowest BCUT2D eigenvalue weighted by molar-refractivity contribution is 0.117. The molecule has 2 heterocycles. The minimum absolute atomic E-state index is 0.308. The van der Waals surface area contributed by atoms with E-state index in [1.54, 1.807) is 0 Å². The van der Waals surface area contributed by atoms with Crippen LogP contribution in [0, 0.1) is 11.3 Å². The van der Waals surface area contributed by atoms with Crippen molar-refractivity contribution in [1.82, 2.24) is 5.16 Å². The summed E-state index contributed by atoms with van der Waals surface area (Å²) in [5, 5.41) is 12.1. The van der Waals surface area contributed by atoms with Gasteiger partial charge in [-0.3, -0.25) is 0 Å². The lowest BCUT2D eigenvalue weighted by Gasteiger charge is -1.87. The summed E-state index contributed by atoms with van der Waals surface area (Å²) < 4.78 is 10.0. The molecule has 0 unspecified atom stereocenters. The number of nitriles is 1. The van der Waals surface area contributed by atoms with Gasteiger partial charge in [0.1, 0.15) is 12.3 Å². The molecule has 1 aromatic rings. The molecule has 56 valence electrons. The van der Waals surface area contributed by atoms with Gasteiger partial charge >= 0.3 is 0 Å². The fraction of sp³-hybridized carbons (Fsp3) is 0.429. The van der Waals surface area contributed by atoms with E-state index in [1.165, 1.54) is 0 Å². The molecule has 0 saturated heterocycles. The largest absolute Gasteiger partial charge is 0.368 e. The smallest absolute Gasteiger partial charge is 0.168 e. The molecule has 0 saturated carbocycles. The molecule has 1 aromatic heterocycles. The van der Waals surface area contributed by atoms with Gasteiger partial charge in [0.2, 0.25) is 0 Å². The summed E-state index contributed by atoms with van der Waals surface area (Å²) in [6.45, 7) is 1.03. The molecule has 0 aliphatic carbocycles. The molecule has 4 nitrogen and oxygen atoms in total. The molecule has 1 aliphatic heterocycles. The minimum atomic E-state index is 0.308. The van der Waals surface area contributed by atoms with Crippen molar-refractivity contribution in [3.05, 3.63) is 17.0 Å². The summed E-state index contributed by atoms with van der Waals surface area (Å²) >= 11 is 0. The van der Waals surface area contributed by atoms with Crippen molar-refractivity contribution < 1.29 is 9.26 Å². The Morgan fingerprint density at radius 1 is 1.55 bits per heavy atom. The van der Waals surface area contributed by atoms with Crippen molar-refractivity contribution >= 4 is 0 Å². The van der Waals surface area contributed by atoms with Gasteiger partial charge < -0.3 is 9.26 Å². The van der Waals surface area contributed by atoms with E-state index in [-0.39, 0.29) is 0 Å². The first-order valence-corrected chi connectivity index (χ1v) is 3.33. The van der Waals surface area contributed by atoms with Gasteiger partial charge in [-0.2, -0.15) is 5.26 Å². The highest BCUT2D eigenvalue weighted by atomic mass is 16.5. The summed E-state index contributed by atoms with van der Waals surface area (Å²) in [4.78, 5) is 0. The lowest BCUT2D eigenvalue weighted by Crippen LogP contribution is -1.87. The van der Waals surface area contributed by atoms with E-state index in [2.05, 4.69) is 5.16 Å². The second-order valence-electron chi connectivity index (χ2n) is 2.36. The van der Waals surface area contributed by atoms with Crippen LogP contribution in [0.15, 0.2) is 4.52 Å². The molecular weight excluding hydrogens is 144 g/mol. The van der Waals surface area contributed by atoms with Crippen LogP contribution in [0.5, 0.6) is 0 Å². The maximum absolute atomic E-state index is 8.40. The molecule has 0 fully saturated rings. The van der Waals surface area contributed by atoms with Gasteiger partial charge in [0.15, 0.2) is 5.76 Å². The van der Waals surface area contributed by atoms with Crippen LogP contribution in [0.2, 0.25) is 0 Å². The number of nitrogens with zero attached hydrogens (tertiary/aromatic N) is 2. The third kappa shape index (κ3) is 0.900. The zero-order valence-corrected chi connectivity index (χ0v) is 5.83. The van der Waals surface area contributed by atoms with Crippen molar-refractivity contribution in [1.29, 1.82) is 5.26 Å². The number of rotatable bonds is 1. The molecule has 2 rings (SSSR count).